The molecule has 1 amide bonds. The quantitative estimate of drug-likeness (QED) is 0.579. The summed E-state index contributed by atoms with van der Waals surface area (Å²) in [5.41, 5.74) is 0.0314. The standard InChI is InChI=1S/C13H18I2N2O2/c1-3-5-17(6-4-2)12(18)9-16-7-10(14)13(19)11(15)8-16/h7-8H,3-6,9H2,1-2H3. The highest BCUT2D eigenvalue weighted by Crippen LogP contribution is 2.05. The average Bonchev–Trinajstić information content (AvgIpc) is 2.35. The third kappa shape index (κ3) is 5.05. The van der Waals surface area contributed by atoms with E-state index in [9.17, 15) is 9.59 Å². The van der Waals surface area contributed by atoms with Crippen molar-refractivity contribution < 1.29 is 4.79 Å². The summed E-state index contributed by atoms with van der Waals surface area (Å²) in [5.74, 6) is 0.110. The summed E-state index contributed by atoms with van der Waals surface area (Å²) in [6.07, 6.45) is 5.40. The molecule has 0 aliphatic heterocycles. The second kappa shape index (κ2) is 8.23. The molecule has 1 aromatic rings. The Morgan fingerprint density at radius 2 is 1.63 bits per heavy atom. The molecule has 1 heterocycles. The fourth-order valence-corrected chi connectivity index (χ4v) is 3.62. The van der Waals surface area contributed by atoms with E-state index in [0.29, 0.717) is 13.7 Å². The molecule has 1 rings (SSSR count). The van der Waals surface area contributed by atoms with Gasteiger partial charge in [0.1, 0.15) is 6.54 Å². The van der Waals surface area contributed by atoms with Crippen LogP contribution >= 0.6 is 45.2 Å². The largest absolute Gasteiger partial charge is 0.343 e. The fourth-order valence-electron chi connectivity index (χ4n) is 1.81. The topological polar surface area (TPSA) is 42.3 Å². The number of nitrogens with zero attached hydrogens (tertiary/aromatic N) is 2. The van der Waals surface area contributed by atoms with E-state index in [1.54, 1.807) is 17.0 Å². The van der Waals surface area contributed by atoms with Gasteiger partial charge < -0.3 is 9.47 Å². The number of carbonyl (C=O) groups excluding carboxylic acids is 1. The molecule has 19 heavy (non-hydrogen) atoms. The normalized spacial score (nSPS) is 10.5. The molecule has 4 nitrogen and oxygen atoms in total. The number of aromatic nitrogens is 1. The van der Waals surface area contributed by atoms with Crippen LogP contribution < -0.4 is 5.43 Å². The minimum absolute atomic E-state index is 0.0314. The van der Waals surface area contributed by atoms with Crippen LogP contribution in [0.1, 0.15) is 26.7 Å². The number of pyridine rings is 1. The van der Waals surface area contributed by atoms with E-state index in [-0.39, 0.29) is 11.3 Å². The summed E-state index contributed by atoms with van der Waals surface area (Å²) < 4.78 is 3.09. The predicted molar refractivity (Wildman–Crippen MR) is 93.3 cm³/mol. The van der Waals surface area contributed by atoms with Gasteiger partial charge in [0.15, 0.2) is 0 Å². The predicted octanol–water partition coefficient (Wildman–Crippen LogP) is 2.71. The van der Waals surface area contributed by atoms with Gasteiger partial charge in [0.25, 0.3) is 0 Å². The van der Waals surface area contributed by atoms with Crippen LogP contribution in [0.2, 0.25) is 0 Å². The molecule has 0 aromatic carbocycles. The molecule has 0 saturated heterocycles. The summed E-state index contributed by atoms with van der Waals surface area (Å²) in [4.78, 5) is 25.7. The Kier molecular flexibility index (Phi) is 7.33. The van der Waals surface area contributed by atoms with Crippen molar-refractivity contribution in [3.63, 3.8) is 0 Å². The summed E-state index contributed by atoms with van der Waals surface area (Å²) in [7, 11) is 0. The lowest BCUT2D eigenvalue weighted by molar-refractivity contribution is -0.131. The molecule has 0 aliphatic rings. The van der Waals surface area contributed by atoms with Crippen LogP contribution in [0.5, 0.6) is 0 Å². The van der Waals surface area contributed by atoms with Crippen LogP contribution in [0.3, 0.4) is 0 Å². The second-order valence-corrected chi connectivity index (χ2v) is 6.66. The van der Waals surface area contributed by atoms with Crippen LogP contribution in [-0.2, 0) is 11.3 Å². The number of halogens is 2. The zero-order chi connectivity index (χ0) is 14.4. The fraction of sp³-hybridized carbons (Fsp3) is 0.538. The summed E-state index contributed by atoms with van der Waals surface area (Å²) in [6, 6.07) is 0. The molecule has 0 unspecified atom stereocenters. The molecule has 106 valence electrons. The van der Waals surface area contributed by atoms with E-state index in [1.165, 1.54) is 0 Å². The maximum Gasteiger partial charge on any atom is 0.242 e. The summed E-state index contributed by atoms with van der Waals surface area (Å²) >= 11 is 4.02. The van der Waals surface area contributed by atoms with E-state index in [2.05, 4.69) is 13.8 Å². The Labute approximate surface area is 140 Å². The molecule has 0 saturated carbocycles. The van der Waals surface area contributed by atoms with Gasteiger partial charge in [-0.25, -0.2) is 0 Å². The number of rotatable bonds is 6. The molecule has 0 radical (unpaired) electrons. The van der Waals surface area contributed by atoms with Crippen LogP contribution in [0.15, 0.2) is 17.2 Å². The first-order chi connectivity index (χ1) is 8.99. The Balaban J connectivity index is 2.83. The molecule has 0 fully saturated rings. The van der Waals surface area contributed by atoms with Gasteiger partial charge in [0.2, 0.25) is 11.3 Å². The molecule has 0 N–H and O–H groups in total. The zero-order valence-electron chi connectivity index (χ0n) is 11.2. The third-order valence-corrected chi connectivity index (χ3v) is 4.19. The van der Waals surface area contributed by atoms with Gasteiger partial charge in [0.05, 0.1) is 7.14 Å². The van der Waals surface area contributed by atoms with E-state index < -0.39 is 0 Å². The number of carbonyl (C=O) groups is 1. The van der Waals surface area contributed by atoms with Crippen molar-refractivity contribution in [2.24, 2.45) is 0 Å². The number of hydrogen-bond acceptors (Lipinski definition) is 2. The van der Waals surface area contributed by atoms with Gasteiger partial charge in [-0.15, -0.1) is 0 Å². The minimum atomic E-state index is 0.0314. The molecule has 0 bridgehead atoms. The first kappa shape index (κ1) is 16.9. The first-order valence-electron chi connectivity index (χ1n) is 6.32. The monoisotopic (exact) mass is 488 g/mol. The van der Waals surface area contributed by atoms with Crippen molar-refractivity contribution in [1.29, 1.82) is 0 Å². The number of hydrogen-bond donors (Lipinski definition) is 0. The molecule has 0 atom stereocenters. The van der Waals surface area contributed by atoms with Gasteiger partial charge in [-0.2, -0.15) is 0 Å². The zero-order valence-corrected chi connectivity index (χ0v) is 15.5. The Morgan fingerprint density at radius 1 is 1.16 bits per heavy atom. The van der Waals surface area contributed by atoms with E-state index in [1.807, 2.05) is 50.1 Å². The maximum atomic E-state index is 12.2. The average molecular weight is 488 g/mol. The smallest absolute Gasteiger partial charge is 0.242 e. The first-order valence-corrected chi connectivity index (χ1v) is 8.48. The Bertz CT molecular complexity index is 468. The molecule has 0 aliphatic carbocycles. The van der Waals surface area contributed by atoms with Crippen molar-refractivity contribution >= 4 is 51.1 Å². The summed E-state index contributed by atoms with van der Waals surface area (Å²) in [5, 5.41) is 0. The third-order valence-electron chi connectivity index (χ3n) is 2.65. The van der Waals surface area contributed by atoms with Gasteiger partial charge in [0, 0.05) is 25.5 Å². The molecular formula is C13H18I2N2O2. The highest BCUT2D eigenvalue weighted by Gasteiger charge is 2.13. The SMILES string of the molecule is CCCN(CCC)C(=O)Cn1cc(I)c(=O)c(I)c1. The Hall–Kier alpha value is -0.120. The van der Waals surface area contributed by atoms with Crippen LogP contribution in [0, 0.1) is 7.14 Å². The molecular weight excluding hydrogens is 470 g/mol. The highest BCUT2D eigenvalue weighted by atomic mass is 127. The lowest BCUT2D eigenvalue weighted by atomic mass is 10.3. The van der Waals surface area contributed by atoms with Crippen molar-refractivity contribution in [2.45, 2.75) is 33.2 Å². The van der Waals surface area contributed by atoms with Crippen molar-refractivity contribution in [3.8, 4) is 0 Å². The van der Waals surface area contributed by atoms with Gasteiger partial charge in [-0.3, -0.25) is 9.59 Å². The van der Waals surface area contributed by atoms with Crippen LogP contribution in [0.4, 0.5) is 0 Å². The van der Waals surface area contributed by atoms with Gasteiger partial charge in [-0.05, 0) is 58.0 Å². The molecule has 1 aromatic heterocycles. The van der Waals surface area contributed by atoms with Crippen molar-refractivity contribution in [1.82, 2.24) is 9.47 Å². The highest BCUT2D eigenvalue weighted by molar-refractivity contribution is 14.1. The maximum absolute atomic E-state index is 12.2. The minimum Gasteiger partial charge on any atom is -0.343 e. The van der Waals surface area contributed by atoms with E-state index in [0.717, 1.165) is 25.9 Å². The molecule has 6 heteroatoms. The van der Waals surface area contributed by atoms with E-state index >= 15 is 0 Å². The molecule has 0 spiro atoms. The Morgan fingerprint density at radius 3 is 2.05 bits per heavy atom. The number of amides is 1. The van der Waals surface area contributed by atoms with Crippen LogP contribution in [0.25, 0.3) is 0 Å². The van der Waals surface area contributed by atoms with E-state index in [4.69, 9.17) is 0 Å². The lowest BCUT2D eigenvalue weighted by Crippen LogP contribution is -2.35. The lowest BCUT2D eigenvalue weighted by Gasteiger charge is -2.22. The van der Waals surface area contributed by atoms with Gasteiger partial charge in [-0.1, -0.05) is 13.8 Å². The van der Waals surface area contributed by atoms with Crippen molar-refractivity contribution in [2.75, 3.05) is 13.1 Å². The van der Waals surface area contributed by atoms with Crippen LogP contribution in [-0.4, -0.2) is 28.5 Å². The van der Waals surface area contributed by atoms with Gasteiger partial charge >= 0.3 is 0 Å². The van der Waals surface area contributed by atoms with Crippen molar-refractivity contribution in [3.05, 3.63) is 29.8 Å². The summed E-state index contributed by atoms with van der Waals surface area (Å²) in [6.45, 7) is 6.02. The second-order valence-electron chi connectivity index (χ2n) is 4.34.